The summed E-state index contributed by atoms with van der Waals surface area (Å²) in [5, 5.41) is 12.7. The molecule has 0 saturated heterocycles. The number of benzene rings is 1. The van der Waals surface area contributed by atoms with E-state index in [9.17, 15) is 4.79 Å². The van der Waals surface area contributed by atoms with Gasteiger partial charge < -0.3 is 9.15 Å². The van der Waals surface area contributed by atoms with E-state index in [1.807, 2.05) is 6.92 Å². The third-order valence-corrected chi connectivity index (χ3v) is 6.47. The molecule has 1 aromatic heterocycles. The Balaban J connectivity index is 1.50. The molecule has 3 rings (SSSR count). The number of furan rings is 1. The Kier molecular flexibility index (Phi) is 5.21. The summed E-state index contributed by atoms with van der Waals surface area (Å²) in [6, 6.07) is 12.4. The van der Waals surface area contributed by atoms with Crippen LogP contribution in [0.25, 0.3) is 0 Å². The van der Waals surface area contributed by atoms with Crippen LogP contribution in [0, 0.1) is 16.7 Å². The van der Waals surface area contributed by atoms with E-state index in [2.05, 4.69) is 48.5 Å². The average molecular weight is 481 g/mol. The van der Waals surface area contributed by atoms with Crippen LogP contribution in [0.2, 0.25) is 0 Å². The molecule has 134 valence electrons. The molecule has 1 aromatic carbocycles. The number of amides is 1. The van der Waals surface area contributed by atoms with Crippen molar-refractivity contribution in [1.82, 2.24) is 5.43 Å². The molecule has 1 heterocycles. The van der Waals surface area contributed by atoms with Gasteiger partial charge in [-0.25, -0.2) is 5.43 Å². The Morgan fingerprint density at radius 1 is 1.38 bits per heavy atom. The van der Waals surface area contributed by atoms with Crippen molar-refractivity contribution in [1.29, 1.82) is 5.26 Å². The van der Waals surface area contributed by atoms with Gasteiger partial charge in [0, 0.05) is 0 Å². The second kappa shape index (κ2) is 7.25. The lowest BCUT2D eigenvalue weighted by Crippen LogP contribution is -2.29. The minimum absolute atomic E-state index is 0.168. The van der Waals surface area contributed by atoms with E-state index in [1.165, 1.54) is 6.21 Å². The highest BCUT2D eigenvalue weighted by Crippen LogP contribution is 2.66. The Morgan fingerprint density at radius 3 is 2.69 bits per heavy atom. The number of carbonyl (C=O) groups is 1. The van der Waals surface area contributed by atoms with E-state index in [-0.39, 0.29) is 15.7 Å². The SMILES string of the molecule is C[C@]1(C(=O)N/N=C\c2ccc(COc3ccc(C#N)cc3)o2)CC1(Br)Br. The van der Waals surface area contributed by atoms with Crippen LogP contribution in [-0.4, -0.2) is 15.4 Å². The number of alkyl halides is 2. The summed E-state index contributed by atoms with van der Waals surface area (Å²) in [5.41, 5.74) is 2.58. The van der Waals surface area contributed by atoms with Gasteiger partial charge in [-0.15, -0.1) is 0 Å². The quantitative estimate of drug-likeness (QED) is 0.383. The lowest BCUT2D eigenvalue weighted by molar-refractivity contribution is -0.125. The number of ether oxygens (including phenoxy) is 1. The molecule has 0 radical (unpaired) electrons. The first-order valence-electron chi connectivity index (χ1n) is 7.77. The lowest BCUT2D eigenvalue weighted by Gasteiger charge is -2.09. The Labute approximate surface area is 167 Å². The number of nitrogens with one attached hydrogen (secondary N) is 1. The smallest absolute Gasteiger partial charge is 0.248 e. The Morgan fingerprint density at radius 2 is 2.08 bits per heavy atom. The normalized spacial score (nSPS) is 20.5. The molecule has 1 N–H and O–H groups in total. The van der Waals surface area contributed by atoms with Crippen LogP contribution in [0.15, 0.2) is 45.9 Å². The first-order chi connectivity index (χ1) is 12.3. The van der Waals surface area contributed by atoms with Crippen molar-refractivity contribution in [2.24, 2.45) is 10.5 Å². The van der Waals surface area contributed by atoms with Gasteiger partial charge in [-0.05, 0) is 49.7 Å². The largest absolute Gasteiger partial charge is 0.486 e. The lowest BCUT2D eigenvalue weighted by atomic mass is 10.1. The number of carbonyl (C=O) groups excluding carboxylic acids is 1. The average Bonchev–Trinajstić information content (AvgIpc) is 2.96. The molecule has 1 atom stereocenters. The van der Waals surface area contributed by atoms with Crippen LogP contribution < -0.4 is 10.2 Å². The fourth-order valence-corrected chi connectivity index (χ4v) is 3.73. The highest BCUT2D eigenvalue weighted by molar-refractivity contribution is 9.25. The minimum atomic E-state index is -0.520. The molecular weight excluding hydrogens is 466 g/mol. The molecule has 1 aliphatic rings. The van der Waals surface area contributed by atoms with Crippen molar-refractivity contribution in [3.05, 3.63) is 53.5 Å². The van der Waals surface area contributed by atoms with Crippen LogP contribution in [0.5, 0.6) is 5.75 Å². The molecule has 1 fully saturated rings. The monoisotopic (exact) mass is 479 g/mol. The summed E-state index contributed by atoms with van der Waals surface area (Å²) in [4.78, 5) is 12.1. The van der Waals surface area contributed by atoms with Gasteiger partial charge in [0.05, 0.1) is 26.5 Å². The number of rotatable bonds is 6. The summed E-state index contributed by atoms with van der Waals surface area (Å²) in [6.07, 6.45) is 2.14. The predicted octanol–water partition coefficient (Wildman–Crippen LogP) is 4.08. The number of hydrogen-bond donors (Lipinski definition) is 1. The van der Waals surface area contributed by atoms with Crippen molar-refractivity contribution in [3.63, 3.8) is 0 Å². The number of hydrogen-bond acceptors (Lipinski definition) is 5. The molecule has 0 bridgehead atoms. The molecule has 0 spiro atoms. The Hall–Kier alpha value is -2.11. The first-order valence-corrected chi connectivity index (χ1v) is 9.36. The summed E-state index contributed by atoms with van der Waals surface area (Å²) < 4.78 is 10.8. The third-order valence-electron chi connectivity index (χ3n) is 4.16. The maximum atomic E-state index is 12.1. The van der Waals surface area contributed by atoms with Crippen molar-refractivity contribution >= 4 is 44.0 Å². The minimum Gasteiger partial charge on any atom is -0.486 e. The van der Waals surface area contributed by atoms with Gasteiger partial charge in [-0.2, -0.15) is 10.4 Å². The first kappa shape index (κ1) is 18.7. The molecule has 0 unspecified atom stereocenters. The topological polar surface area (TPSA) is 87.6 Å². The van der Waals surface area contributed by atoms with Gasteiger partial charge in [-0.3, -0.25) is 4.79 Å². The maximum Gasteiger partial charge on any atom is 0.248 e. The van der Waals surface area contributed by atoms with Gasteiger partial charge >= 0.3 is 0 Å². The molecule has 1 aliphatic carbocycles. The molecule has 6 nitrogen and oxygen atoms in total. The molecule has 0 aliphatic heterocycles. The van der Waals surface area contributed by atoms with Crippen molar-refractivity contribution < 1.29 is 13.9 Å². The van der Waals surface area contributed by atoms with Gasteiger partial charge in [-0.1, -0.05) is 31.9 Å². The van der Waals surface area contributed by atoms with E-state index in [0.717, 1.165) is 0 Å². The predicted molar refractivity (Wildman–Crippen MR) is 103 cm³/mol. The van der Waals surface area contributed by atoms with Gasteiger partial charge in [0.1, 0.15) is 23.9 Å². The second-order valence-electron chi connectivity index (χ2n) is 6.14. The van der Waals surface area contributed by atoms with Crippen molar-refractivity contribution in [2.45, 2.75) is 23.2 Å². The highest BCUT2D eigenvalue weighted by atomic mass is 79.9. The molecule has 1 saturated carbocycles. The summed E-state index contributed by atoms with van der Waals surface area (Å²) in [5.74, 6) is 1.61. The van der Waals surface area contributed by atoms with Crippen molar-refractivity contribution in [2.75, 3.05) is 0 Å². The molecular formula is C18H15Br2N3O3. The van der Waals surface area contributed by atoms with Crippen molar-refractivity contribution in [3.8, 4) is 11.8 Å². The van der Waals surface area contributed by atoms with Gasteiger partial charge in [0.25, 0.3) is 0 Å². The second-order valence-corrected chi connectivity index (χ2v) is 9.91. The molecule has 26 heavy (non-hydrogen) atoms. The summed E-state index contributed by atoms with van der Waals surface area (Å²) in [7, 11) is 0. The van der Waals surface area contributed by atoms with E-state index in [0.29, 0.717) is 29.3 Å². The molecule has 8 heteroatoms. The zero-order chi connectivity index (χ0) is 18.8. The summed E-state index contributed by atoms with van der Waals surface area (Å²) in [6.45, 7) is 2.10. The van der Waals surface area contributed by atoms with E-state index in [1.54, 1.807) is 36.4 Å². The number of nitrogens with zero attached hydrogens (tertiary/aromatic N) is 2. The van der Waals surface area contributed by atoms with E-state index < -0.39 is 5.41 Å². The van der Waals surface area contributed by atoms with Crippen LogP contribution in [0.1, 0.15) is 30.4 Å². The Bertz CT molecular complexity index is 884. The number of nitriles is 1. The van der Waals surface area contributed by atoms with Gasteiger partial charge in [0.15, 0.2) is 0 Å². The highest BCUT2D eigenvalue weighted by Gasteiger charge is 2.66. The molecule has 1 amide bonds. The fraction of sp³-hybridized carbons (Fsp3) is 0.278. The fourth-order valence-electron chi connectivity index (χ4n) is 2.25. The van der Waals surface area contributed by atoms with Gasteiger partial charge in [0.2, 0.25) is 5.91 Å². The zero-order valence-electron chi connectivity index (χ0n) is 13.8. The van der Waals surface area contributed by atoms with Crippen LogP contribution >= 0.6 is 31.9 Å². The summed E-state index contributed by atoms with van der Waals surface area (Å²) >= 11 is 6.90. The zero-order valence-corrected chi connectivity index (χ0v) is 17.0. The maximum absolute atomic E-state index is 12.1. The van der Waals surface area contributed by atoms with E-state index in [4.69, 9.17) is 14.4 Å². The number of halogens is 2. The van der Waals surface area contributed by atoms with Crippen LogP contribution in [0.4, 0.5) is 0 Å². The molecule has 2 aromatic rings. The number of hydrazone groups is 1. The standard InChI is InChI=1S/C18H15Br2N3O3/c1-17(11-18(17,19)20)16(24)23-22-9-14-6-7-15(26-14)10-25-13-4-2-12(8-21)3-5-13/h2-7,9H,10-11H2,1H3,(H,23,24)/b22-9-/t17-/m1/s1. The van der Waals surface area contributed by atoms with Crippen LogP contribution in [-0.2, 0) is 11.4 Å². The van der Waals surface area contributed by atoms with Crippen LogP contribution in [0.3, 0.4) is 0 Å². The third kappa shape index (κ3) is 4.00. The van der Waals surface area contributed by atoms with E-state index >= 15 is 0 Å².